The van der Waals surface area contributed by atoms with Crippen LogP contribution in [-0.4, -0.2) is 29.1 Å². The molecule has 0 aliphatic heterocycles. The molecular weight excluding hydrogens is 388 g/mol. The third-order valence-corrected chi connectivity index (χ3v) is 4.06. The maximum Gasteiger partial charge on any atom is 0.282 e. The Morgan fingerprint density at radius 1 is 1.17 bits per heavy atom. The summed E-state index contributed by atoms with van der Waals surface area (Å²) in [5.74, 6) is 0.0653. The quantitative estimate of drug-likeness (QED) is 0.348. The van der Waals surface area contributed by atoms with Gasteiger partial charge in [-0.15, -0.1) is 0 Å². The van der Waals surface area contributed by atoms with Gasteiger partial charge in [0.1, 0.15) is 6.61 Å². The molecule has 1 aromatic heterocycles. The van der Waals surface area contributed by atoms with Crippen LogP contribution in [0.15, 0.2) is 72.1 Å². The number of nitro groups is 1. The number of benzene rings is 2. The van der Waals surface area contributed by atoms with E-state index in [9.17, 15) is 14.9 Å². The highest BCUT2D eigenvalue weighted by atomic mass is 16.6. The lowest BCUT2D eigenvalue weighted by Crippen LogP contribution is -2.17. The fourth-order valence-electron chi connectivity index (χ4n) is 2.56. The molecule has 0 aliphatic carbocycles. The highest BCUT2D eigenvalue weighted by molar-refractivity contribution is 5.95. The molecule has 0 saturated heterocycles. The van der Waals surface area contributed by atoms with Crippen LogP contribution in [0.25, 0.3) is 0 Å². The number of carbonyl (C=O) groups excluding carboxylic acids is 1. The number of aromatic nitrogens is 1. The van der Waals surface area contributed by atoms with E-state index in [2.05, 4.69) is 15.5 Å². The van der Waals surface area contributed by atoms with Crippen LogP contribution < -0.4 is 14.9 Å². The number of rotatable bonds is 8. The summed E-state index contributed by atoms with van der Waals surface area (Å²) >= 11 is 0. The van der Waals surface area contributed by atoms with E-state index < -0.39 is 10.8 Å². The first-order valence-corrected chi connectivity index (χ1v) is 8.85. The number of amides is 1. The van der Waals surface area contributed by atoms with Crippen molar-refractivity contribution in [3.63, 3.8) is 0 Å². The van der Waals surface area contributed by atoms with Crippen molar-refractivity contribution in [2.45, 2.75) is 6.61 Å². The fourth-order valence-corrected chi connectivity index (χ4v) is 2.56. The molecule has 1 amide bonds. The molecule has 3 rings (SSSR count). The van der Waals surface area contributed by atoms with E-state index in [1.54, 1.807) is 0 Å². The molecule has 3 aromatic rings. The summed E-state index contributed by atoms with van der Waals surface area (Å²) in [5, 5.41) is 15.3. The Morgan fingerprint density at radius 3 is 2.57 bits per heavy atom. The molecular formula is C21H18N4O5. The van der Waals surface area contributed by atoms with Gasteiger partial charge in [0.05, 0.1) is 29.9 Å². The molecule has 0 aliphatic rings. The van der Waals surface area contributed by atoms with Crippen molar-refractivity contribution in [1.82, 2.24) is 10.4 Å². The fraction of sp³-hybridized carbons (Fsp3) is 0.0952. The summed E-state index contributed by atoms with van der Waals surface area (Å²) in [6, 6.07) is 15.1. The van der Waals surface area contributed by atoms with Crippen LogP contribution in [0, 0.1) is 10.1 Å². The average molecular weight is 406 g/mol. The van der Waals surface area contributed by atoms with Gasteiger partial charge in [0.25, 0.3) is 11.6 Å². The SMILES string of the molecule is COc1cc(C=NNC(=O)c2ccncc2)c([N+](=O)[O-])cc1OCc1ccccc1. The van der Waals surface area contributed by atoms with E-state index in [-0.39, 0.29) is 23.6 Å². The Bertz CT molecular complexity index is 1060. The Hall–Kier alpha value is -4.27. The highest BCUT2D eigenvalue weighted by Gasteiger charge is 2.19. The minimum atomic E-state index is -0.555. The molecule has 0 radical (unpaired) electrons. The van der Waals surface area contributed by atoms with Gasteiger partial charge in [-0.25, -0.2) is 5.43 Å². The number of carbonyl (C=O) groups is 1. The molecule has 1 heterocycles. The van der Waals surface area contributed by atoms with Gasteiger partial charge in [0, 0.05) is 18.0 Å². The summed E-state index contributed by atoms with van der Waals surface area (Å²) in [6.45, 7) is 0.226. The van der Waals surface area contributed by atoms with Crippen molar-refractivity contribution >= 4 is 17.8 Å². The van der Waals surface area contributed by atoms with E-state index in [1.807, 2.05) is 30.3 Å². The summed E-state index contributed by atoms with van der Waals surface area (Å²) in [5.41, 5.74) is 3.51. The third kappa shape index (κ3) is 5.16. The van der Waals surface area contributed by atoms with Crippen LogP contribution in [-0.2, 0) is 6.61 Å². The Morgan fingerprint density at radius 2 is 1.90 bits per heavy atom. The zero-order valence-corrected chi connectivity index (χ0v) is 16.0. The average Bonchev–Trinajstić information content (AvgIpc) is 2.78. The molecule has 0 spiro atoms. The van der Waals surface area contributed by atoms with Crippen molar-refractivity contribution in [1.29, 1.82) is 0 Å². The van der Waals surface area contributed by atoms with Gasteiger partial charge in [-0.3, -0.25) is 19.9 Å². The van der Waals surface area contributed by atoms with Crippen LogP contribution in [0.1, 0.15) is 21.5 Å². The van der Waals surface area contributed by atoms with Gasteiger partial charge < -0.3 is 9.47 Å². The number of hydrazone groups is 1. The van der Waals surface area contributed by atoms with Crippen molar-refractivity contribution in [3.05, 3.63) is 93.8 Å². The van der Waals surface area contributed by atoms with Crippen LogP contribution >= 0.6 is 0 Å². The topological polar surface area (TPSA) is 116 Å². The zero-order valence-electron chi connectivity index (χ0n) is 16.0. The summed E-state index contributed by atoms with van der Waals surface area (Å²) in [7, 11) is 1.43. The number of nitrogens with zero attached hydrogens (tertiary/aromatic N) is 3. The number of nitro benzene ring substituents is 1. The van der Waals surface area contributed by atoms with E-state index in [0.29, 0.717) is 11.3 Å². The maximum absolute atomic E-state index is 12.0. The van der Waals surface area contributed by atoms with E-state index in [0.717, 1.165) is 5.56 Å². The number of ether oxygens (including phenoxy) is 2. The Kier molecular flexibility index (Phi) is 6.67. The molecule has 0 unspecified atom stereocenters. The van der Waals surface area contributed by atoms with Crippen LogP contribution in [0.2, 0.25) is 0 Å². The monoisotopic (exact) mass is 406 g/mol. The third-order valence-electron chi connectivity index (χ3n) is 4.06. The first-order valence-electron chi connectivity index (χ1n) is 8.85. The largest absolute Gasteiger partial charge is 0.493 e. The smallest absolute Gasteiger partial charge is 0.282 e. The van der Waals surface area contributed by atoms with E-state index in [4.69, 9.17) is 9.47 Å². The molecule has 9 nitrogen and oxygen atoms in total. The summed E-state index contributed by atoms with van der Waals surface area (Å²) in [6.07, 6.45) is 4.13. The van der Waals surface area contributed by atoms with Crippen molar-refractivity contribution in [3.8, 4) is 11.5 Å². The second-order valence-electron chi connectivity index (χ2n) is 6.03. The first kappa shape index (κ1) is 20.5. The molecule has 2 aromatic carbocycles. The normalized spacial score (nSPS) is 10.6. The lowest BCUT2D eigenvalue weighted by Gasteiger charge is -2.12. The number of methoxy groups -OCH3 is 1. The zero-order chi connectivity index (χ0) is 21.3. The van der Waals surface area contributed by atoms with E-state index in [1.165, 1.54) is 50.0 Å². The molecule has 0 bridgehead atoms. The molecule has 0 fully saturated rings. The minimum Gasteiger partial charge on any atom is -0.493 e. The highest BCUT2D eigenvalue weighted by Crippen LogP contribution is 2.34. The number of pyridine rings is 1. The first-order chi connectivity index (χ1) is 14.6. The van der Waals surface area contributed by atoms with E-state index >= 15 is 0 Å². The minimum absolute atomic E-state index is 0.152. The molecule has 30 heavy (non-hydrogen) atoms. The molecule has 9 heteroatoms. The maximum atomic E-state index is 12.0. The van der Waals surface area contributed by atoms with Gasteiger partial charge in [-0.05, 0) is 23.8 Å². The second kappa shape index (κ2) is 9.78. The van der Waals surface area contributed by atoms with Gasteiger partial charge in [0.2, 0.25) is 0 Å². The van der Waals surface area contributed by atoms with Crippen molar-refractivity contribution in [2.24, 2.45) is 5.10 Å². The molecule has 0 atom stereocenters. The van der Waals surface area contributed by atoms with Crippen LogP contribution in [0.4, 0.5) is 5.69 Å². The number of hydrogen-bond acceptors (Lipinski definition) is 7. The Labute approximate surface area is 172 Å². The van der Waals surface area contributed by atoms with Gasteiger partial charge in [-0.2, -0.15) is 5.10 Å². The Balaban J connectivity index is 1.80. The molecule has 0 saturated carbocycles. The van der Waals surface area contributed by atoms with Gasteiger partial charge >= 0.3 is 0 Å². The van der Waals surface area contributed by atoms with Crippen molar-refractivity contribution < 1.29 is 19.2 Å². The standard InChI is InChI=1S/C21H18N4O5/c1-29-19-11-17(13-23-24-21(26)16-7-9-22-10-8-16)18(25(27)28)12-20(19)30-14-15-5-3-2-4-6-15/h2-13H,14H2,1H3,(H,24,26). The lowest BCUT2D eigenvalue weighted by atomic mass is 10.1. The van der Waals surface area contributed by atoms with Crippen molar-refractivity contribution in [2.75, 3.05) is 7.11 Å². The molecule has 1 N–H and O–H groups in total. The number of nitrogens with one attached hydrogen (secondary N) is 1. The van der Waals surface area contributed by atoms with Crippen LogP contribution in [0.5, 0.6) is 11.5 Å². The molecule has 152 valence electrons. The summed E-state index contributed by atoms with van der Waals surface area (Å²) < 4.78 is 11.0. The van der Waals surface area contributed by atoms with Crippen LogP contribution in [0.3, 0.4) is 0 Å². The summed E-state index contributed by atoms with van der Waals surface area (Å²) in [4.78, 5) is 26.8. The predicted molar refractivity (Wildman–Crippen MR) is 110 cm³/mol. The second-order valence-corrected chi connectivity index (χ2v) is 6.03. The van der Waals surface area contributed by atoms with Gasteiger partial charge in [-0.1, -0.05) is 30.3 Å². The van der Waals surface area contributed by atoms with Gasteiger partial charge in [0.15, 0.2) is 11.5 Å². The predicted octanol–water partition coefficient (Wildman–Crippen LogP) is 3.34. The number of hydrogen-bond donors (Lipinski definition) is 1. The lowest BCUT2D eigenvalue weighted by molar-refractivity contribution is -0.385.